The van der Waals surface area contributed by atoms with Gasteiger partial charge in [-0.3, -0.25) is 4.79 Å². The van der Waals surface area contributed by atoms with Crippen LogP contribution in [0.15, 0.2) is 35.7 Å². The number of rotatable bonds is 7. The van der Waals surface area contributed by atoms with E-state index in [0.717, 1.165) is 17.7 Å². The first-order valence-corrected chi connectivity index (χ1v) is 11.8. The second-order valence-electron chi connectivity index (χ2n) is 6.74. The number of anilines is 1. The van der Waals surface area contributed by atoms with Crippen LogP contribution in [-0.2, 0) is 14.8 Å². The van der Waals surface area contributed by atoms with Gasteiger partial charge in [-0.1, -0.05) is 43.7 Å². The maximum Gasteiger partial charge on any atom is 0.229 e. The molecule has 27 heavy (non-hydrogen) atoms. The van der Waals surface area contributed by atoms with Crippen molar-refractivity contribution in [2.24, 2.45) is 5.92 Å². The fraction of sp³-hybridized carbons (Fsp3) is 0.474. The molecule has 2 heterocycles. The Morgan fingerprint density at radius 3 is 2.63 bits per heavy atom. The Balaban J connectivity index is 1.54. The van der Waals surface area contributed by atoms with E-state index < -0.39 is 10.0 Å². The van der Waals surface area contributed by atoms with Crippen LogP contribution in [0.4, 0.5) is 5.13 Å². The summed E-state index contributed by atoms with van der Waals surface area (Å²) in [6.45, 7) is 2.81. The largest absolute Gasteiger partial charge is 0.302 e. The Bertz CT molecular complexity index is 857. The fourth-order valence-corrected chi connectivity index (χ4v) is 5.53. The highest BCUT2D eigenvalue weighted by atomic mass is 32.2. The molecule has 1 N–H and O–H groups in total. The summed E-state index contributed by atoms with van der Waals surface area (Å²) in [6.07, 6.45) is 2.63. The zero-order chi connectivity index (χ0) is 19.3. The van der Waals surface area contributed by atoms with Gasteiger partial charge in [-0.15, -0.1) is 11.3 Å². The van der Waals surface area contributed by atoms with Crippen LogP contribution in [0, 0.1) is 5.92 Å². The van der Waals surface area contributed by atoms with Crippen LogP contribution in [-0.4, -0.2) is 42.5 Å². The van der Waals surface area contributed by atoms with Crippen molar-refractivity contribution in [1.29, 1.82) is 0 Å². The predicted octanol–water partition coefficient (Wildman–Crippen LogP) is 3.59. The predicted molar refractivity (Wildman–Crippen MR) is 109 cm³/mol. The van der Waals surface area contributed by atoms with Gasteiger partial charge < -0.3 is 5.32 Å². The van der Waals surface area contributed by atoms with Crippen molar-refractivity contribution in [3.05, 3.63) is 35.7 Å². The van der Waals surface area contributed by atoms with Gasteiger partial charge in [0.1, 0.15) is 0 Å². The first-order chi connectivity index (χ1) is 13.0. The molecule has 8 heteroatoms. The Morgan fingerprint density at radius 1 is 1.26 bits per heavy atom. The number of unbranched alkanes of at least 4 members (excludes halogenated alkanes) is 1. The van der Waals surface area contributed by atoms with Crippen molar-refractivity contribution < 1.29 is 13.2 Å². The van der Waals surface area contributed by atoms with Crippen molar-refractivity contribution in [2.45, 2.75) is 32.6 Å². The molecule has 1 fully saturated rings. The van der Waals surface area contributed by atoms with E-state index in [0.29, 0.717) is 37.5 Å². The maximum absolute atomic E-state index is 12.5. The van der Waals surface area contributed by atoms with Crippen molar-refractivity contribution in [2.75, 3.05) is 24.2 Å². The first kappa shape index (κ1) is 20.0. The molecule has 3 rings (SSSR count). The van der Waals surface area contributed by atoms with Crippen molar-refractivity contribution >= 4 is 32.4 Å². The lowest BCUT2D eigenvalue weighted by Crippen LogP contribution is -2.42. The Hall–Kier alpha value is -1.77. The summed E-state index contributed by atoms with van der Waals surface area (Å²) in [4.78, 5) is 17.0. The number of hydrogen-bond acceptors (Lipinski definition) is 5. The number of carbonyl (C=O) groups excluding carboxylic acids is 1. The van der Waals surface area contributed by atoms with Gasteiger partial charge in [0.05, 0.1) is 11.4 Å². The van der Waals surface area contributed by atoms with Crippen molar-refractivity contribution in [3.63, 3.8) is 0 Å². The highest BCUT2D eigenvalue weighted by Gasteiger charge is 2.31. The number of nitrogens with one attached hydrogen (secondary N) is 1. The Morgan fingerprint density at radius 2 is 1.96 bits per heavy atom. The van der Waals surface area contributed by atoms with Crippen LogP contribution in [0.3, 0.4) is 0 Å². The van der Waals surface area contributed by atoms with Gasteiger partial charge in [0, 0.05) is 30.0 Å². The molecule has 0 saturated carbocycles. The maximum atomic E-state index is 12.5. The van der Waals surface area contributed by atoms with Crippen LogP contribution in [0.2, 0.25) is 0 Å². The Kier molecular flexibility index (Phi) is 6.62. The summed E-state index contributed by atoms with van der Waals surface area (Å²) in [5.74, 6) is -0.0527. The molecular weight excluding hydrogens is 382 g/mol. The van der Waals surface area contributed by atoms with Gasteiger partial charge in [-0.25, -0.2) is 17.7 Å². The SMILES string of the molecule is CCCCS(=O)(=O)N1CCC(C(=O)Nc2nc(-c3ccccc3)cs2)CC1. The minimum atomic E-state index is -3.19. The third-order valence-corrected chi connectivity index (χ3v) is 7.49. The number of carbonyl (C=O) groups is 1. The van der Waals surface area contributed by atoms with E-state index in [4.69, 9.17) is 0 Å². The zero-order valence-corrected chi connectivity index (χ0v) is 17.1. The molecule has 0 unspecified atom stereocenters. The zero-order valence-electron chi connectivity index (χ0n) is 15.4. The van der Waals surface area contributed by atoms with E-state index in [9.17, 15) is 13.2 Å². The number of hydrogen-bond donors (Lipinski definition) is 1. The molecule has 1 amide bonds. The third-order valence-electron chi connectivity index (χ3n) is 4.78. The lowest BCUT2D eigenvalue weighted by atomic mass is 9.97. The highest BCUT2D eigenvalue weighted by molar-refractivity contribution is 7.89. The number of piperidine rings is 1. The van der Waals surface area contributed by atoms with Gasteiger partial charge in [0.2, 0.25) is 15.9 Å². The number of sulfonamides is 1. The molecule has 0 aliphatic carbocycles. The monoisotopic (exact) mass is 407 g/mol. The summed E-state index contributed by atoms with van der Waals surface area (Å²) in [5.41, 5.74) is 1.85. The summed E-state index contributed by atoms with van der Waals surface area (Å²) < 4.78 is 26.1. The Labute approximate surface area is 164 Å². The molecule has 1 aromatic heterocycles. The molecule has 0 bridgehead atoms. The molecule has 2 aromatic rings. The molecule has 1 aromatic carbocycles. The van der Waals surface area contributed by atoms with Crippen LogP contribution >= 0.6 is 11.3 Å². The third kappa shape index (κ3) is 5.15. The van der Waals surface area contributed by atoms with Gasteiger partial charge in [0.15, 0.2) is 5.13 Å². The molecule has 0 spiro atoms. The van der Waals surface area contributed by atoms with Crippen LogP contribution < -0.4 is 5.32 Å². The minimum Gasteiger partial charge on any atom is -0.302 e. The van der Waals surface area contributed by atoms with E-state index in [-0.39, 0.29) is 17.6 Å². The first-order valence-electron chi connectivity index (χ1n) is 9.29. The smallest absolute Gasteiger partial charge is 0.229 e. The van der Waals surface area contributed by atoms with E-state index in [1.165, 1.54) is 15.6 Å². The van der Waals surface area contributed by atoms with Crippen LogP contribution in [0.25, 0.3) is 11.3 Å². The molecule has 0 radical (unpaired) electrons. The van der Waals surface area contributed by atoms with E-state index in [1.54, 1.807) is 0 Å². The topological polar surface area (TPSA) is 79.4 Å². The highest BCUT2D eigenvalue weighted by Crippen LogP contribution is 2.26. The van der Waals surface area contributed by atoms with E-state index >= 15 is 0 Å². The standard InChI is InChI=1S/C19H25N3O3S2/c1-2-3-13-27(24,25)22-11-9-16(10-12-22)18(23)21-19-20-17(14-26-19)15-7-5-4-6-8-15/h4-8,14,16H,2-3,9-13H2,1H3,(H,20,21,23). The number of nitrogens with zero attached hydrogens (tertiary/aromatic N) is 2. The minimum absolute atomic E-state index is 0.0745. The number of benzene rings is 1. The normalized spacial score (nSPS) is 16.3. The molecular formula is C19H25N3O3S2. The summed E-state index contributed by atoms with van der Waals surface area (Å²) >= 11 is 1.40. The van der Waals surface area contributed by atoms with E-state index in [2.05, 4.69) is 10.3 Å². The molecule has 0 atom stereocenters. The fourth-order valence-electron chi connectivity index (χ4n) is 3.13. The van der Waals surface area contributed by atoms with E-state index in [1.807, 2.05) is 42.6 Å². The summed E-state index contributed by atoms with van der Waals surface area (Å²) in [5, 5.41) is 5.40. The van der Waals surface area contributed by atoms with Gasteiger partial charge in [0.25, 0.3) is 0 Å². The second kappa shape index (κ2) is 8.95. The molecule has 1 saturated heterocycles. The van der Waals surface area contributed by atoms with Crippen molar-refractivity contribution in [3.8, 4) is 11.3 Å². The van der Waals surface area contributed by atoms with Crippen LogP contribution in [0.1, 0.15) is 32.6 Å². The number of thiazole rings is 1. The second-order valence-corrected chi connectivity index (χ2v) is 9.68. The van der Waals surface area contributed by atoms with Gasteiger partial charge in [-0.2, -0.15) is 0 Å². The van der Waals surface area contributed by atoms with Crippen molar-refractivity contribution in [1.82, 2.24) is 9.29 Å². The summed E-state index contributed by atoms with van der Waals surface area (Å²) in [6, 6.07) is 9.82. The lowest BCUT2D eigenvalue weighted by Gasteiger charge is -2.30. The summed E-state index contributed by atoms with van der Waals surface area (Å²) in [7, 11) is -3.19. The van der Waals surface area contributed by atoms with Crippen LogP contribution in [0.5, 0.6) is 0 Å². The molecule has 1 aliphatic heterocycles. The molecule has 6 nitrogen and oxygen atoms in total. The van der Waals surface area contributed by atoms with Gasteiger partial charge >= 0.3 is 0 Å². The molecule has 146 valence electrons. The number of amides is 1. The lowest BCUT2D eigenvalue weighted by molar-refractivity contribution is -0.120. The number of aromatic nitrogens is 1. The quantitative estimate of drug-likeness (QED) is 0.761. The average molecular weight is 408 g/mol. The van der Waals surface area contributed by atoms with Gasteiger partial charge in [-0.05, 0) is 19.3 Å². The average Bonchev–Trinajstić information content (AvgIpc) is 3.16. The molecule has 1 aliphatic rings.